The quantitative estimate of drug-likeness (QED) is 0.621. The summed E-state index contributed by atoms with van der Waals surface area (Å²) in [4.78, 5) is 10.2. The second-order valence-electron chi connectivity index (χ2n) is 2.82. The fourth-order valence-electron chi connectivity index (χ4n) is 0.877. The number of carbonyl (C=O) groups is 1. The van der Waals surface area contributed by atoms with E-state index in [9.17, 15) is 4.79 Å². The predicted molar refractivity (Wildman–Crippen MR) is 45.5 cm³/mol. The molecule has 0 fully saturated rings. The predicted octanol–water partition coefficient (Wildman–Crippen LogP) is 2.45. The van der Waals surface area contributed by atoms with E-state index in [0.717, 1.165) is 12.8 Å². The monoisotopic (exact) mass is 156 g/mol. The molecule has 0 aromatic carbocycles. The number of carboxylic acids is 1. The molecule has 2 heteroatoms. The molecule has 1 atom stereocenters. The molecule has 11 heavy (non-hydrogen) atoms. The Labute approximate surface area is 67.9 Å². The third kappa shape index (κ3) is 7.10. The maximum atomic E-state index is 10.2. The number of aliphatic carboxylic acids is 1. The highest BCUT2D eigenvalue weighted by atomic mass is 16.4. The average molecular weight is 156 g/mol. The summed E-state index contributed by atoms with van der Waals surface area (Å²) >= 11 is 0. The zero-order valence-corrected chi connectivity index (χ0v) is 7.21. The molecular formula is C9H16O2. The fraction of sp³-hybridized carbons (Fsp3) is 0.667. The van der Waals surface area contributed by atoms with Gasteiger partial charge in [-0.05, 0) is 18.8 Å². The highest BCUT2D eigenvalue weighted by molar-refractivity contribution is 5.66. The summed E-state index contributed by atoms with van der Waals surface area (Å²) in [6, 6.07) is 0. The summed E-state index contributed by atoms with van der Waals surface area (Å²) < 4.78 is 0. The van der Waals surface area contributed by atoms with Gasteiger partial charge in [0.25, 0.3) is 0 Å². The molecule has 0 spiro atoms. The van der Waals surface area contributed by atoms with Crippen molar-refractivity contribution in [2.24, 2.45) is 5.92 Å². The first-order valence-corrected chi connectivity index (χ1v) is 4.03. The first kappa shape index (κ1) is 10.2. The third-order valence-corrected chi connectivity index (χ3v) is 1.46. The lowest BCUT2D eigenvalue weighted by molar-refractivity contribution is -0.137. The lowest BCUT2D eigenvalue weighted by Crippen LogP contribution is -2.02. The van der Waals surface area contributed by atoms with Crippen molar-refractivity contribution < 1.29 is 9.90 Å². The SMILES string of the molecule is CCC=CCC(C)CC(=O)O. The Hall–Kier alpha value is -0.790. The molecule has 0 aliphatic heterocycles. The summed E-state index contributed by atoms with van der Waals surface area (Å²) in [5.41, 5.74) is 0. The molecule has 0 aromatic heterocycles. The molecule has 0 aliphatic rings. The number of hydrogen-bond donors (Lipinski definition) is 1. The van der Waals surface area contributed by atoms with E-state index in [2.05, 4.69) is 13.0 Å². The minimum absolute atomic E-state index is 0.260. The molecule has 0 heterocycles. The summed E-state index contributed by atoms with van der Waals surface area (Å²) in [6.45, 7) is 4.02. The van der Waals surface area contributed by atoms with Crippen molar-refractivity contribution in [3.63, 3.8) is 0 Å². The van der Waals surface area contributed by atoms with Gasteiger partial charge in [0.1, 0.15) is 0 Å². The molecule has 1 N–H and O–H groups in total. The second kappa shape index (κ2) is 5.96. The zero-order valence-electron chi connectivity index (χ0n) is 7.21. The fourth-order valence-corrected chi connectivity index (χ4v) is 0.877. The van der Waals surface area contributed by atoms with Crippen LogP contribution in [0.3, 0.4) is 0 Å². The molecule has 0 rings (SSSR count). The van der Waals surface area contributed by atoms with Crippen molar-refractivity contribution in [2.45, 2.75) is 33.1 Å². The number of hydrogen-bond acceptors (Lipinski definition) is 1. The summed E-state index contributed by atoms with van der Waals surface area (Å²) in [5.74, 6) is -0.447. The first-order valence-electron chi connectivity index (χ1n) is 4.03. The number of carboxylic acid groups (broad SMARTS) is 1. The van der Waals surface area contributed by atoms with Gasteiger partial charge in [0, 0.05) is 6.42 Å². The third-order valence-electron chi connectivity index (χ3n) is 1.46. The maximum absolute atomic E-state index is 10.2. The largest absolute Gasteiger partial charge is 0.481 e. The van der Waals surface area contributed by atoms with Crippen molar-refractivity contribution in [1.82, 2.24) is 0 Å². The Morgan fingerprint density at radius 3 is 2.64 bits per heavy atom. The van der Waals surface area contributed by atoms with Crippen LogP contribution in [0.15, 0.2) is 12.2 Å². The van der Waals surface area contributed by atoms with E-state index < -0.39 is 5.97 Å². The van der Waals surface area contributed by atoms with E-state index >= 15 is 0 Å². The molecule has 0 aliphatic carbocycles. The van der Waals surface area contributed by atoms with Crippen LogP contribution in [0.4, 0.5) is 0 Å². The average Bonchev–Trinajstić information content (AvgIpc) is 1.86. The molecule has 0 radical (unpaired) electrons. The smallest absolute Gasteiger partial charge is 0.303 e. The van der Waals surface area contributed by atoms with E-state index in [1.807, 2.05) is 13.0 Å². The van der Waals surface area contributed by atoms with Crippen LogP contribution < -0.4 is 0 Å². The zero-order chi connectivity index (χ0) is 8.69. The van der Waals surface area contributed by atoms with Crippen LogP contribution in [0.1, 0.15) is 33.1 Å². The van der Waals surface area contributed by atoms with Gasteiger partial charge in [0.15, 0.2) is 0 Å². The van der Waals surface area contributed by atoms with Crippen molar-refractivity contribution in [3.8, 4) is 0 Å². The van der Waals surface area contributed by atoms with Gasteiger partial charge < -0.3 is 5.11 Å². The van der Waals surface area contributed by atoms with E-state index in [-0.39, 0.29) is 12.3 Å². The second-order valence-corrected chi connectivity index (χ2v) is 2.82. The molecule has 0 amide bonds. The van der Waals surface area contributed by atoms with E-state index in [1.54, 1.807) is 0 Å². The van der Waals surface area contributed by atoms with E-state index in [0.29, 0.717) is 0 Å². The van der Waals surface area contributed by atoms with Gasteiger partial charge in [-0.15, -0.1) is 0 Å². The van der Waals surface area contributed by atoms with Gasteiger partial charge >= 0.3 is 5.97 Å². The minimum Gasteiger partial charge on any atom is -0.481 e. The Morgan fingerprint density at radius 2 is 2.18 bits per heavy atom. The topological polar surface area (TPSA) is 37.3 Å². The Morgan fingerprint density at radius 1 is 1.55 bits per heavy atom. The standard InChI is InChI=1S/C9H16O2/c1-3-4-5-6-8(2)7-9(10)11/h4-5,8H,3,6-7H2,1-2H3,(H,10,11). The van der Waals surface area contributed by atoms with Crippen LogP contribution >= 0.6 is 0 Å². The van der Waals surface area contributed by atoms with Crippen LogP contribution in [0.2, 0.25) is 0 Å². The van der Waals surface area contributed by atoms with Crippen LogP contribution in [-0.4, -0.2) is 11.1 Å². The van der Waals surface area contributed by atoms with Crippen molar-refractivity contribution in [2.75, 3.05) is 0 Å². The van der Waals surface area contributed by atoms with Gasteiger partial charge in [-0.3, -0.25) is 4.79 Å². The molecule has 64 valence electrons. The van der Waals surface area contributed by atoms with E-state index in [1.165, 1.54) is 0 Å². The van der Waals surface area contributed by atoms with Crippen LogP contribution in [0.5, 0.6) is 0 Å². The lowest BCUT2D eigenvalue weighted by atomic mass is 10.0. The summed E-state index contributed by atoms with van der Waals surface area (Å²) in [6.07, 6.45) is 6.29. The Kier molecular flexibility index (Phi) is 5.53. The van der Waals surface area contributed by atoms with Gasteiger partial charge in [-0.25, -0.2) is 0 Å². The minimum atomic E-state index is -0.706. The number of allylic oxidation sites excluding steroid dienone is 2. The molecule has 0 saturated heterocycles. The molecule has 0 saturated carbocycles. The maximum Gasteiger partial charge on any atom is 0.303 e. The molecule has 0 bridgehead atoms. The molecule has 1 unspecified atom stereocenters. The summed E-state index contributed by atoms with van der Waals surface area (Å²) in [7, 11) is 0. The molecule has 0 aromatic rings. The Bertz CT molecular complexity index is 138. The van der Waals surface area contributed by atoms with Crippen LogP contribution in [0, 0.1) is 5.92 Å². The molecular weight excluding hydrogens is 140 g/mol. The van der Waals surface area contributed by atoms with Crippen molar-refractivity contribution in [3.05, 3.63) is 12.2 Å². The van der Waals surface area contributed by atoms with Gasteiger partial charge in [-0.1, -0.05) is 26.0 Å². The van der Waals surface area contributed by atoms with E-state index in [4.69, 9.17) is 5.11 Å². The van der Waals surface area contributed by atoms with Crippen LogP contribution in [-0.2, 0) is 4.79 Å². The van der Waals surface area contributed by atoms with Crippen molar-refractivity contribution >= 4 is 5.97 Å². The Balaban J connectivity index is 3.44. The summed E-state index contributed by atoms with van der Waals surface area (Å²) in [5, 5.41) is 8.42. The lowest BCUT2D eigenvalue weighted by Gasteiger charge is -2.02. The highest BCUT2D eigenvalue weighted by Gasteiger charge is 2.04. The van der Waals surface area contributed by atoms with Gasteiger partial charge in [-0.2, -0.15) is 0 Å². The van der Waals surface area contributed by atoms with Crippen molar-refractivity contribution in [1.29, 1.82) is 0 Å². The van der Waals surface area contributed by atoms with Gasteiger partial charge in [0.05, 0.1) is 0 Å². The van der Waals surface area contributed by atoms with Gasteiger partial charge in [0.2, 0.25) is 0 Å². The highest BCUT2D eigenvalue weighted by Crippen LogP contribution is 2.07. The first-order chi connectivity index (χ1) is 5.16. The van der Waals surface area contributed by atoms with Crippen LogP contribution in [0.25, 0.3) is 0 Å². The number of rotatable bonds is 5. The molecule has 2 nitrogen and oxygen atoms in total. The normalized spacial score (nSPS) is 13.6.